The maximum Gasteiger partial charge on any atom is 0.220 e. The fraction of sp³-hybridized carbons (Fsp3) is 0.778. The van der Waals surface area contributed by atoms with Gasteiger partial charge in [0.05, 0.1) is 5.69 Å². The number of carbonyl (C=O) groups excluding carboxylic acids is 1. The van der Waals surface area contributed by atoms with Gasteiger partial charge < -0.3 is 15.4 Å². The molecule has 1 aromatic rings. The number of hydrogen-bond donors (Lipinski definition) is 2. The van der Waals surface area contributed by atoms with Crippen molar-refractivity contribution in [2.75, 3.05) is 13.2 Å². The molecular formula is C18H30N4O2. The second-order valence-electron chi connectivity index (χ2n) is 7.18. The lowest BCUT2D eigenvalue weighted by atomic mass is 9.85. The number of amides is 1. The van der Waals surface area contributed by atoms with E-state index in [2.05, 4.69) is 22.7 Å². The molecule has 1 saturated heterocycles. The van der Waals surface area contributed by atoms with E-state index in [1.54, 1.807) is 0 Å². The fourth-order valence-electron chi connectivity index (χ4n) is 3.74. The van der Waals surface area contributed by atoms with Gasteiger partial charge in [-0.1, -0.05) is 0 Å². The van der Waals surface area contributed by atoms with E-state index in [-0.39, 0.29) is 11.9 Å². The highest BCUT2D eigenvalue weighted by molar-refractivity contribution is 5.76. The highest BCUT2D eigenvalue weighted by Gasteiger charge is 2.33. The topological polar surface area (TPSA) is 68.2 Å². The van der Waals surface area contributed by atoms with Crippen LogP contribution in [0.25, 0.3) is 0 Å². The van der Waals surface area contributed by atoms with Crippen LogP contribution < -0.4 is 10.6 Å². The Bertz CT molecular complexity index is 578. The van der Waals surface area contributed by atoms with Crippen LogP contribution in [0.15, 0.2) is 0 Å². The van der Waals surface area contributed by atoms with E-state index in [0.717, 1.165) is 56.7 Å². The smallest absolute Gasteiger partial charge is 0.220 e. The summed E-state index contributed by atoms with van der Waals surface area (Å²) < 4.78 is 7.29. The van der Waals surface area contributed by atoms with Gasteiger partial charge in [0.25, 0.3) is 0 Å². The number of aryl methyl sites for hydroxylation is 2. The Morgan fingerprint density at radius 3 is 2.50 bits per heavy atom. The Balaban J connectivity index is 1.43. The van der Waals surface area contributed by atoms with Crippen molar-refractivity contribution in [3.63, 3.8) is 0 Å². The van der Waals surface area contributed by atoms with Crippen molar-refractivity contribution in [3.8, 4) is 0 Å². The molecule has 2 N–H and O–H groups in total. The first-order valence-corrected chi connectivity index (χ1v) is 9.17. The molecule has 1 aliphatic heterocycles. The van der Waals surface area contributed by atoms with Crippen molar-refractivity contribution < 1.29 is 9.53 Å². The zero-order valence-electron chi connectivity index (χ0n) is 15.1. The summed E-state index contributed by atoms with van der Waals surface area (Å²) in [6.45, 7) is 5.78. The minimum Gasteiger partial charge on any atom is -0.381 e. The summed E-state index contributed by atoms with van der Waals surface area (Å²) in [7, 11) is 1.95. The molecule has 24 heavy (non-hydrogen) atoms. The van der Waals surface area contributed by atoms with Gasteiger partial charge in [-0.05, 0) is 51.5 Å². The van der Waals surface area contributed by atoms with E-state index in [9.17, 15) is 4.79 Å². The molecular weight excluding hydrogens is 304 g/mol. The SMILES string of the molecule is Cc1nn(C)c(C)c1CCC(=O)NC1CCC1NC1CCOCC1. The predicted octanol–water partition coefficient (Wildman–Crippen LogP) is 1.39. The van der Waals surface area contributed by atoms with Crippen LogP contribution in [0.2, 0.25) is 0 Å². The van der Waals surface area contributed by atoms with Crippen LogP contribution in [0.3, 0.4) is 0 Å². The monoisotopic (exact) mass is 334 g/mol. The molecule has 6 nitrogen and oxygen atoms in total. The first-order chi connectivity index (χ1) is 11.5. The van der Waals surface area contributed by atoms with E-state index in [4.69, 9.17) is 4.74 Å². The number of nitrogens with zero attached hydrogens (tertiary/aromatic N) is 2. The summed E-state index contributed by atoms with van der Waals surface area (Å²) in [4.78, 5) is 12.3. The van der Waals surface area contributed by atoms with Gasteiger partial charge >= 0.3 is 0 Å². The van der Waals surface area contributed by atoms with Crippen molar-refractivity contribution >= 4 is 5.91 Å². The van der Waals surface area contributed by atoms with Gasteiger partial charge in [0.15, 0.2) is 0 Å². The van der Waals surface area contributed by atoms with Crippen molar-refractivity contribution in [1.82, 2.24) is 20.4 Å². The molecule has 134 valence electrons. The Morgan fingerprint density at radius 1 is 1.21 bits per heavy atom. The molecule has 1 saturated carbocycles. The van der Waals surface area contributed by atoms with Crippen molar-refractivity contribution in [2.24, 2.45) is 7.05 Å². The van der Waals surface area contributed by atoms with Gasteiger partial charge in [0, 0.05) is 50.5 Å². The normalized spacial score (nSPS) is 24.6. The summed E-state index contributed by atoms with van der Waals surface area (Å²) in [5, 5.41) is 11.3. The summed E-state index contributed by atoms with van der Waals surface area (Å²) in [5.74, 6) is 0.154. The van der Waals surface area contributed by atoms with Crippen molar-refractivity contribution in [2.45, 2.75) is 70.5 Å². The number of nitrogens with one attached hydrogen (secondary N) is 2. The molecule has 0 radical (unpaired) electrons. The number of rotatable bonds is 6. The second-order valence-corrected chi connectivity index (χ2v) is 7.18. The summed E-state index contributed by atoms with van der Waals surface area (Å²) >= 11 is 0. The zero-order chi connectivity index (χ0) is 17.1. The van der Waals surface area contributed by atoms with Gasteiger partial charge in [0.1, 0.15) is 0 Å². The van der Waals surface area contributed by atoms with E-state index < -0.39 is 0 Å². The molecule has 2 atom stereocenters. The van der Waals surface area contributed by atoms with Gasteiger partial charge in [-0.3, -0.25) is 9.48 Å². The summed E-state index contributed by atoms with van der Waals surface area (Å²) in [6.07, 6.45) is 5.70. The van der Waals surface area contributed by atoms with Crippen molar-refractivity contribution in [3.05, 3.63) is 17.0 Å². The van der Waals surface area contributed by atoms with Gasteiger partial charge in [-0.25, -0.2) is 0 Å². The number of hydrogen-bond acceptors (Lipinski definition) is 4. The Hall–Kier alpha value is -1.40. The molecule has 2 heterocycles. The minimum absolute atomic E-state index is 0.154. The highest BCUT2D eigenvalue weighted by atomic mass is 16.5. The van der Waals surface area contributed by atoms with Crippen LogP contribution in [-0.4, -0.2) is 47.0 Å². The number of aromatic nitrogens is 2. The van der Waals surface area contributed by atoms with E-state index in [1.807, 2.05) is 18.7 Å². The second kappa shape index (κ2) is 7.66. The lowest BCUT2D eigenvalue weighted by Gasteiger charge is -2.41. The average Bonchev–Trinajstić information content (AvgIpc) is 2.81. The van der Waals surface area contributed by atoms with Crippen LogP contribution in [0.5, 0.6) is 0 Å². The molecule has 0 aromatic carbocycles. The van der Waals surface area contributed by atoms with Crippen LogP contribution in [0.1, 0.15) is 49.1 Å². The van der Waals surface area contributed by atoms with Crippen molar-refractivity contribution in [1.29, 1.82) is 0 Å². The zero-order valence-corrected chi connectivity index (χ0v) is 15.1. The van der Waals surface area contributed by atoms with Crippen LogP contribution in [0, 0.1) is 13.8 Å². The molecule has 2 unspecified atom stereocenters. The highest BCUT2D eigenvalue weighted by Crippen LogP contribution is 2.22. The minimum atomic E-state index is 0.154. The summed E-state index contributed by atoms with van der Waals surface area (Å²) in [6, 6.07) is 1.26. The van der Waals surface area contributed by atoms with Gasteiger partial charge in [-0.15, -0.1) is 0 Å². The maximum absolute atomic E-state index is 12.3. The van der Waals surface area contributed by atoms with E-state index in [1.165, 1.54) is 5.56 Å². The third-order valence-electron chi connectivity index (χ3n) is 5.55. The molecule has 6 heteroatoms. The third kappa shape index (κ3) is 3.98. The standard InChI is InChI=1S/C18H30N4O2/c1-12-15(13(2)22(3)21-12)4-7-18(23)20-17-6-5-16(17)19-14-8-10-24-11-9-14/h14,16-17,19H,4-11H2,1-3H3,(H,20,23). The average molecular weight is 334 g/mol. The van der Waals surface area contributed by atoms with Gasteiger partial charge in [-0.2, -0.15) is 5.10 Å². The third-order valence-corrected chi connectivity index (χ3v) is 5.55. The molecule has 2 aliphatic rings. The first kappa shape index (κ1) is 17.4. The van der Waals surface area contributed by atoms with Crippen LogP contribution in [0.4, 0.5) is 0 Å². The molecule has 1 aromatic heterocycles. The van der Waals surface area contributed by atoms with Gasteiger partial charge in [0.2, 0.25) is 5.91 Å². The van der Waals surface area contributed by atoms with E-state index >= 15 is 0 Å². The van der Waals surface area contributed by atoms with E-state index in [0.29, 0.717) is 18.5 Å². The fourth-order valence-corrected chi connectivity index (χ4v) is 3.74. The van der Waals surface area contributed by atoms with Crippen LogP contribution >= 0.6 is 0 Å². The van der Waals surface area contributed by atoms with Crippen LogP contribution in [-0.2, 0) is 23.0 Å². The molecule has 0 spiro atoms. The Labute approximate surface area is 144 Å². The first-order valence-electron chi connectivity index (χ1n) is 9.17. The quantitative estimate of drug-likeness (QED) is 0.825. The number of ether oxygens (including phenoxy) is 1. The number of carbonyl (C=O) groups is 1. The maximum atomic E-state index is 12.3. The largest absolute Gasteiger partial charge is 0.381 e. The molecule has 0 bridgehead atoms. The molecule has 2 fully saturated rings. The predicted molar refractivity (Wildman–Crippen MR) is 92.9 cm³/mol. The molecule has 3 rings (SSSR count). The lowest BCUT2D eigenvalue weighted by molar-refractivity contribution is -0.122. The Kier molecular flexibility index (Phi) is 5.56. The molecule has 1 amide bonds. The Morgan fingerprint density at radius 2 is 1.92 bits per heavy atom. The summed E-state index contributed by atoms with van der Waals surface area (Å²) in [5.41, 5.74) is 3.40. The lowest BCUT2D eigenvalue weighted by Crippen LogP contribution is -2.59. The molecule has 1 aliphatic carbocycles.